The molecule has 56 heavy (non-hydrogen) atoms. The van der Waals surface area contributed by atoms with Gasteiger partial charge >= 0.3 is 0 Å². The van der Waals surface area contributed by atoms with Crippen LogP contribution in [0.4, 0.5) is 5.69 Å². The van der Waals surface area contributed by atoms with Crippen molar-refractivity contribution in [3.8, 4) is 55.9 Å². The SMILES string of the molecule is C1=C(c2ccccc2)c2c(cc(-c3ccc(-c4cc(-c5ccccc5)nc(-c5ccc(-c6ccccc6)cc5)c4)cc3)c3ccccc23)NC1c1ccccc1. The van der Waals surface area contributed by atoms with Gasteiger partial charge < -0.3 is 5.32 Å². The number of anilines is 1. The van der Waals surface area contributed by atoms with Crippen LogP contribution in [0.25, 0.3) is 72.2 Å². The normalized spacial score (nSPS) is 13.4. The van der Waals surface area contributed by atoms with E-state index in [1.807, 2.05) is 0 Å². The molecule has 0 spiro atoms. The molecule has 0 bridgehead atoms. The summed E-state index contributed by atoms with van der Waals surface area (Å²) in [5.41, 5.74) is 17.3. The predicted molar refractivity (Wildman–Crippen MR) is 235 cm³/mol. The Morgan fingerprint density at radius 3 is 1.43 bits per heavy atom. The Labute approximate surface area is 328 Å². The second-order valence-electron chi connectivity index (χ2n) is 14.4. The molecule has 8 aromatic carbocycles. The molecule has 2 nitrogen and oxygen atoms in total. The number of nitrogens with one attached hydrogen (secondary N) is 1. The lowest BCUT2D eigenvalue weighted by Crippen LogP contribution is -2.15. The molecule has 0 fully saturated rings. The summed E-state index contributed by atoms with van der Waals surface area (Å²) >= 11 is 0. The molecule has 1 N–H and O–H groups in total. The van der Waals surface area contributed by atoms with Gasteiger partial charge in [-0.05, 0) is 85.1 Å². The summed E-state index contributed by atoms with van der Waals surface area (Å²) in [4.78, 5) is 5.19. The third-order valence-corrected chi connectivity index (χ3v) is 10.9. The molecule has 1 unspecified atom stereocenters. The molecule has 10 rings (SSSR count). The van der Waals surface area contributed by atoms with Gasteiger partial charge in [0.05, 0.1) is 17.4 Å². The Balaban J connectivity index is 1.06. The highest BCUT2D eigenvalue weighted by atomic mass is 14.9. The summed E-state index contributed by atoms with van der Waals surface area (Å²) in [5, 5.41) is 6.40. The zero-order chi connectivity index (χ0) is 37.3. The highest BCUT2D eigenvalue weighted by molar-refractivity contribution is 6.10. The highest BCUT2D eigenvalue weighted by Crippen LogP contribution is 2.46. The van der Waals surface area contributed by atoms with Crippen LogP contribution in [-0.4, -0.2) is 4.98 Å². The molecule has 9 aromatic rings. The molecule has 0 saturated heterocycles. The maximum atomic E-state index is 5.19. The van der Waals surface area contributed by atoms with Crippen molar-refractivity contribution < 1.29 is 0 Å². The van der Waals surface area contributed by atoms with Gasteiger partial charge in [0.2, 0.25) is 0 Å². The van der Waals surface area contributed by atoms with Crippen molar-refractivity contribution in [1.29, 1.82) is 0 Å². The minimum Gasteiger partial charge on any atom is -0.374 e. The fraction of sp³-hybridized carbons (Fsp3) is 0.0185. The Bertz CT molecular complexity index is 2830. The Morgan fingerprint density at radius 2 is 0.804 bits per heavy atom. The van der Waals surface area contributed by atoms with Crippen LogP contribution in [0, 0.1) is 0 Å². The van der Waals surface area contributed by atoms with E-state index >= 15 is 0 Å². The average molecular weight is 715 g/mol. The first-order valence-electron chi connectivity index (χ1n) is 19.2. The number of pyridine rings is 1. The smallest absolute Gasteiger partial charge is 0.0715 e. The van der Waals surface area contributed by atoms with Crippen LogP contribution in [0.1, 0.15) is 22.7 Å². The van der Waals surface area contributed by atoms with Crippen molar-refractivity contribution in [2.24, 2.45) is 0 Å². The standard InChI is InChI=1S/C54H38N2/c1-5-15-37(16-6-1)38-27-31-44(32-28-38)51-34-45(33-50(55-51)42-19-9-3-10-20-42)39-25-29-41(30-26-39)48-35-53-54(47-24-14-13-23-46(47)48)49(40-17-7-2-8-18-40)36-52(56-53)43-21-11-4-12-22-43/h1-36,52,56H. The van der Waals surface area contributed by atoms with Gasteiger partial charge in [0, 0.05) is 22.4 Å². The van der Waals surface area contributed by atoms with Crippen LogP contribution in [-0.2, 0) is 0 Å². The summed E-state index contributed by atoms with van der Waals surface area (Å²) in [7, 11) is 0. The molecule has 0 amide bonds. The van der Waals surface area contributed by atoms with Gasteiger partial charge in [-0.1, -0.05) is 194 Å². The summed E-state index contributed by atoms with van der Waals surface area (Å²) in [6.45, 7) is 0. The zero-order valence-electron chi connectivity index (χ0n) is 30.8. The van der Waals surface area contributed by atoms with Crippen LogP contribution in [0.2, 0.25) is 0 Å². The van der Waals surface area contributed by atoms with Gasteiger partial charge in [0.1, 0.15) is 0 Å². The summed E-state index contributed by atoms with van der Waals surface area (Å²) in [6, 6.07) is 75.9. The van der Waals surface area contributed by atoms with E-state index in [9.17, 15) is 0 Å². The van der Waals surface area contributed by atoms with E-state index in [1.165, 1.54) is 55.3 Å². The van der Waals surface area contributed by atoms with Crippen molar-refractivity contribution >= 4 is 22.0 Å². The van der Waals surface area contributed by atoms with E-state index in [0.717, 1.165) is 39.3 Å². The van der Waals surface area contributed by atoms with Crippen LogP contribution >= 0.6 is 0 Å². The molecule has 0 aliphatic carbocycles. The molecule has 1 aromatic heterocycles. The second kappa shape index (κ2) is 14.5. The fourth-order valence-electron chi connectivity index (χ4n) is 8.08. The van der Waals surface area contributed by atoms with Crippen LogP contribution in [0.3, 0.4) is 0 Å². The van der Waals surface area contributed by atoms with E-state index in [-0.39, 0.29) is 6.04 Å². The molecule has 2 heteroatoms. The molecular formula is C54H38N2. The molecule has 264 valence electrons. The van der Waals surface area contributed by atoms with Gasteiger partial charge in [-0.3, -0.25) is 0 Å². The fourth-order valence-corrected chi connectivity index (χ4v) is 8.08. The number of fused-ring (bicyclic) bond motifs is 3. The summed E-state index contributed by atoms with van der Waals surface area (Å²) in [6.07, 6.45) is 2.39. The summed E-state index contributed by atoms with van der Waals surface area (Å²) < 4.78 is 0. The van der Waals surface area contributed by atoms with Crippen molar-refractivity contribution in [1.82, 2.24) is 4.98 Å². The van der Waals surface area contributed by atoms with E-state index in [4.69, 9.17) is 4.98 Å². The second-order valence-corrected chi connectivity index (χ2v) is 14.4. The minimum atomic E-state index is 0.0459. The van der Waals surface area contributed by atoms with Gasteiger partial charge in [0.25, 0.3) is 0 Å². The highest BCUT2D eigenvalue weighted by Gasteiger charge is 2.25. The lowest BCUT2D eigenvalue weighted by Gasteiger charge is -2.29. The first-order chi connectivity index (χ1) is 27.7. The van der Waals surface area contributed by atoms with E-state index in [0.29, 0.717) is 0 Å². The topological polar surface area (TPSA) is 24.9 Å². The zero-order valence-corrected chi connectivity index (χ0v) is 30.8. The van der Waals surface area contributed by atoms with E-state index in [1.54, 1.807) is 0 Å². The number of benzene rings is 8. The van der Waals surface area contributed by atoms with Crippen molar-refractivity contribution in [3.63, 3.8) is 0 Å². The predicted octanol–water partition coefficient (Wildman–Crippen LogP) is 14.2. The van der Waals surface area contributed by atoms with Gasteiger partial charge in [-0.15, -0.1) is 0 Å². The Morgan fingerprint density at radius 1 is 0.357 bits per heavy atom. The largest absolute Gasteiger partial charge is 0.374 e. The van der Waals surface area contributed by atoms with Crippen LogP contribution in [0.5, 0.6) is 0 Å². The van der Waals surface area contributed by atoms with Crippen LogP contribution < -0.4 is 5.32 Å². The third kappa shape index (κ3) is 6.38. The lowest BCUT2D eigenvalue weighted by molar-refractivity contribution is 0.975. The van der Waals surface area contributed by atoms with E-state index in [2.05, 4.69) is 224 Å². The van der Waals surface area contributed by atoms with Crippen molar-refractivity contribution in [2.45, 2.75) is 6.04 Å². The number of nitrogens with zero attached hydrogens (tertiary/aromatic N) is 1. The van der Waals surface area contributed by atoms with Crippen LogP contribution in [0.15, 0.2) is 218 Å². The number of hydrogen-bond acceptors (Lipinski definition) is 2. The Kier molecular flexibility index (Phi) is 8.62. The van der Waals surface area contributed by atoms with E-state index < -0.39 is 0 Å². The van der Waals surface area contributed by atoms with Gasteiger partial charge in [-0.25, -0.2) is 4.98 Å². The first kappa shape index (κ1) is 33.3. The average Bonchev–Trinajstić information content (AvgIpc) is 3.29. The molecule has 1 aliphatic heterocycles. The third-order valence-electron chi connectivity index (χ3n) is 10.9. The maximum absolute atomic E-state index is 5.19. The maximum Gasteiger partial charge on any atom is 0.0715 e. The molecule has 1 atom stereocenters. The lowest BCUT2D eigenvalue weighted by atomic mass is 9.84. The first-order valence-corrected chi connectivity index (χ1v) is 19.2. The molecule has 2 heterocycles. The minimum absolute atomic E-state index is 0.0459. The molecule has 0 saturated carbocycles. The number of aromatic nitrogens is 1. The number of rotatable bonds is 7. The monoisotopic (exact) mass is 714 g/mol. The van der Waals surface area contributed by atoms with Gasteiger partial charge in [-0.2, -0.15) is 0 Å². The van der Waals surface area contributed by atoms with Crippen molar-refractivity contribution in [2.75, 3.05) is 5.32 Å². The van der Waals surface area contributed by atoms with Crippen molar-refractivity contribution in [3.05, 3.63) is 235 Å². The summed E-state index contributed by atoms with van der Waals surface area (Å²) in [5.74, 6) is 0. The molecular weight excluding hydrogens is 677 g/mol. The van der Waals surface area contributed by atoms with Gasteiger partial charge in [0.15, 0.2) is 0 Å². The number of hydrogen-bond donors (Lipinski definition) is 1. The molecule has 0 radical (unpaired) electrons. The quantitative estimate of drug-likeness (QED) is 0.178. The molecule has 1 aliphatic rings. The Hall–Kier alpha value is -7.29.